The molecule has 1 unspecified atom stereocenters. The highest BCUT2D eigenvalue weighted by molar-refractivity contribution is 5.99. The molecule has 0 aliphatic heterocycles. The molecule has 0 aromatic heterocycles. The molecule has 6 heteroatoms. The monoisotopic (exact) mass is 245 g/mol. The van der Waals surface area contributed by atoms with Crippen LogP contribution in [0.15, 0.2) is 0 Å². The van der Waals surface area contributed by atoms with Gasteiger partial charge in [0.25, 0.3) is 0 Å². The number of carbonyl (C=O) groups is 3. The van der Waals surface area contributed by atoms with Gasteiger partial charge in [0.15, 0.2) is 5.78 Å². The van der Waals surface area contributed by atoms with Crippen LogP contribution in [-0.2, 0) is 19.1 Å². The fourth-order valence-corrected chi connectivity index (χ4v) is 0.932. The molecule has 0 saturated heterocycles. The summed E-state index contributed by atoms with van der Waals surface area (Å²) in [4.78, 5) is 33.6. The first-order valence-electron chi connectivity index (χ1n) is 5.24. The number of methoxy groups -OCH3 is 1. The van der Waals surface area contributed by atoms with Gasteiger partial charge in [-0.3, -0.25) is 9.59 Å². The predicted molar refractivity (Wildman–Crippen MR) is 60.5 cm³/mol. The Morgan fingerprint density at radius 3 is 2.18 bits per heavy atom. The van der Waals surface area contributed by atoms with Crippen molar-refractivity contribution in [2.24, 2.45) is 0 Å². The van der Waals surface area contributed by atoms with Gasteiger partial charge in [-0.15, -0.1) is 0 Å². The highest BCUT2D eigenvalue weighted by atomic mass is 16.6. The molecule has 1 N–H and O–H groups in total. The van der Waals surface area contributed by atoms with Crippen LogP contribution in [0.1, 0.15) is 34.1 Å². The first-order valence-corrected chi connectivity index (χ1v) is 5.24. The highest BCUT2D eigenvalue weighted by Crippen LogP contribution is 2.07. The van der Waals surface area contributed by atoms with Crippen molar-refractivity contribution in [3.05, 3.63) is 0 Å². The maximum Gasteiger partial charge on any atom is 0.408 e. The smallest absolute Gasteiger partial charge is 0.408 e. The van der Waals surface area contributed by atoms with E-state index in [0.29, 0.717) is 0 Å². The summed E-state index contributed by atoms with van der Waals surface area (Å²) in [6.45, 7) is 6.63. The number of ether oxygens (including phenoxy) is 2. The maximum absolute atomic E-state index is 11.4. The molecular formula is C11H19NO5. The van der Waals surface area contributed by atoms with Crippen molar-refractivity contribution in [3.63, 3.8) is 0 Å². The second-order valence-corrected chi connectivity index (χ2v) is 4.59. The molecule has 0 aliphatic rings. The van der Waals surface area contributed by atoms with Crippen molar-refractivity contribution in [2.75, 3.05) is 7.11 Å². The van der Waals surface area contributed by atoms with E-state index in [0.717, 1.165) is 0 Å². The number of Topliss-reactive ketones (excluding diaryl/α,β-unsaturated/α-hetero) is 1. The van der Waals surface area contributed by atoms with Crippen LogP contribution in [0.4, 0.5) is 4.79 Å². The SMILES string of the molecule is COC(=O)CC(=O)C(C)NC(=O)OC(C)(C)C. The van der Waals surface area contributed by atoms with E-state index in [9.17, 15) is 14.4 Å². The predicted octanol–water partition coefficient (Wildman–Crippen LogP) is 1.03. The van der Waals surface area contributed by atoms with Gasteiger partial charge < -0.3 is 14.8 Å². The van der Waals surface area contributed by atoms with Crippen molar-refractivity contribution < 1.29 is 23.9 Å². The third-order valence-corrected chi connectivity index (χ3v) is 1.76. The Morgan fingerprint density at radius 2 is 1.76 bits per heavy atom. The topological polar surface area (TPSA) is 81.7 Å². The second-order valence-electron chi connectivity index (χ2n) is 4.59. The third kappa shape index (κ3) is 7.32. The Morgan fingerprint density at radius 1 is 1.24 bits per heavy atom. The lowest BCUT2D eigenvalue weighted by atomic mass is 10.1. The van der Waals surface area contributed by atoms with E-state index in [4.69, 9.17) is 4.74 Å². The maximum atomic E-state index is 11.4. The molecule has 98 valence electrons. The van der Waals surface area contributed by atoms with Crippen LogP contribution in [-0.4, -0.2) is 36.6 Å². The van der Waals surface area contributed by atoms with E-state index in [1.165, 1.54) is 14.0 Å². The Bertz CT molecular complexity index is 305. The van der Waals surface area contributed by atoms with E-state index in [2.05, 4.69) is 10.1 Å². The minimum Gasteiger partial charge on any atom is -0.469 e. The Balaban J connectivity index is 4.17. The largest absolute Gasteiger partial charge is 0.469 e. The van der Waals surface area contributed by atoms with Crippen LogP contribution in [0, 0.1) is 0 Å². The summed E-state index contributed by atoms with van der Waals surface area (Å²) in [5, 5.41) is 2.35. The van der Waals surface area contributed by atoms with Crippen molar-refractivity contribution in [2.45, 2.75) is 45.8 Å². The van der Waals surface area contributed by atoms with Crippen LogP contribution >= 0.6 is 0 Å². The summed E-state index contributed by atoms with van der Waals surface area (Å²) in [6, 6.07) is -0.788. The van der Waals surface area contributed by atoms with Crippen molar-refractivity contribution >= 4 is 17.8 Å². The Kier molecular flexibility index (Phi) is 5.64. The van der Waals surface area contributed by atoms with Crippen molar-refractivity contribution in [1.82, 2.24) is 5.32 Å². The Labute approximate surface area is 101 Å². The number of carbonyl (C=O) groups excluding carboxylic acids is 3. The van der Waals surface area contributed by atoms with Crippen LogP contribution in [0.25, 0.3) is 0 Å². The molecule has 0 radical (unpaired) electrons. The normalized spacial score (nSPS) is 12.5. The number of esters is 1. The summed E-state index contributed by atoms with van der Waals surface area (Å²) in [7, 11) is 1.20. The molecule has 0 rings (SSSR count). The molecule has 6 nitrogen and oxygen atoms in total. The van der Waals surface area contributed by atoms with E-state index in [1.807, 2.05) is 0 Å². The van der Waals surface area contributed by atoms with Gasteiger partial charge in [-0.2, -0.15) is 0 Å². The van der Waals surface area contributed by atoms with Crippen LogP contribution in [0.5, 0.6) is 0 Å². The lowest BCUT2D eigenvalue weighted by Gasteiger charge is -2.21. The first kappa shape index (κ1) is 15.4. The van der Waals surface area contributed by atoms with E-state index >= 15 is 0 Å². The van der Waals surface area contributed by atoms with Crippen molar-refractivity contribution in [1.29, 1.82) is 0 Å². The summed E-state index contributed by atoms with van der Waals surface area (Å²) < 4.78 is 9.32. The molecule has 0 aliphatic carbocycles. The average molecular weight is 245 g/mol. The highest BCUT2D eigenvalue weighted by Gasteiger charge is 2.22. The van der Waals surface area contributed by atoms with Gasteiger partial charge in [0.2, 0.25) is 0 Å². The number of alkyl carbamates (subject to hydrolysis) is 1. The number of amides is 1. The average Bonchev–Trinajstić information content (AvgIpc) is 2.14. The van der Waals surface area contributed by atoms with E-state index in [-0.39, 0.29) is 6.42 Å². The first-order chi connectivity index (χ1) is 7.65. The molecule has 0 saturated carbocycles. The van der Waals surface area contributed by atoms with Gasteiger partial charge in [0.1, 0.15) is 12.0 Å². The summed E-state index contributed by atoms with van der Waals surface area (Å²) in [5.41, 5.74) is -0.630. The van der Waals surface area contributed by atoms with E-state index in [1.54, 1.807) is 20.8 Å². The summed E-state index contributed by atoms with van der Waals surface area (Å²) in [5.74, 6) is -1.06. The quantitative estimate of drug-likeness (QED) is 0.591. The fraction of sp³-hybridized carbons (Fsp3) is 0.727. The minimum absolute atomic E-state index is 0.368. The van der Waals surface area contributed by atoms with Gasteiger partial charge in [-0.25, -0.2) is 4.79 Å². The summed E-state index contributed by atoms with van der Waals surface area (Å²) >= 11 is 0. The minimum atomic E-state index is -0.788. The van der Waals surface area contributed by atoms with Gasteiger partial charge in [-0.05, 0) is 27.7 Å². The molecule has 0 aromatic carbocycles. The van der Waals surface area contributed by atoms with Crippen LogP contribution in [0.2, 0.25) is 0 Å². The molecule has 0 fully saturated rings. The zero-order chi connectivity index (χ0) is 13.6. The lowest BCUT2D eigenvalue weighted by Crippen LogP contribution is -2.42. The Hall–Kier alpha value is -1.59. The number of hydrogen-bond donors (Lipinski definition) is 1. The van der Waals surface area contributed by atoms with Gasteiger partial charge >= 0.3 is 12.1 Å². The molecule has 0 bridgehead atoms. The molecular weight excluding hydrogens is 226 g/mol. The third-order valence-electron chi connectivity index (χ3n) is 1.76. The standard InChI is InChI=1S/C11H19NO5/c1-7(8(13)6-9(14)16-5)12-10(15)17-11(2,3)4/h7H,6H2,1-5H3,(H,12,15). The van der Waals surface area contributed by atoms with Gasteiger partial charge in [0.05, 0.1) is 13.2 Å². The number of rotatable bonds is 4. The van der Waals surface area contributed by atoms with Crippen LogP contribution in [0.3, 0.4) is 0 Å². The molecule has 0 heterocycles. The zero-order valence-electron chi connectivity index (χ0n) is 10.8. The molecule has 0 spiro atoms. The number of ketones is 1. The molecule has 0 aromatic rings. The zero-order valence-corrected chi connectivity index (χ0v) is 10.8. The second kappa shape index (κ2) is 6.22. The molecule has 17 heavy (non-hydrogen) atoms. The number of hydrogen-bond acceptors (Lipinski definition) is 5. The fourth-order valence-electron chi connectivity index (χ4n) is 0.932. The summed E-state index contributed by atoms with van der Waals surface area (Å²) in [6.07, 6.45) is -1.06. The van der Waals surface area contributed by atoms with Crippen molar-refractivity contribution in [3.8, 4) is 0 Å². The number of nitrogens with one attached hydrogen (secondary N) is 1. The van der Waals surface area contributed by atoms with Gasteiger partial charge in [-0.1, -0.05) is 0 Å². The lowest BCUT2D eigenvalue weighted by molar-refractivity contribution is -0.143. The van der Waals surface area contributed by atoms with Crippen LogP contribution < -0.4 is 5.32 Å². The van der Waals surface area contributed by atoms with E-state index < -0.39 is 29.5 Å². The molecule has 1 amide bonds. The molecule has 1 atom stereocenters. The van der Waals surface area contributed by atoms with Gasteiger partial charge in [0, 0.05) is 0 Å².